The van der Waals surface area contributed by atoms with Crippen LogP contribution in [0.2, 0.25) is 0 Å². The van der Waals surface area contributed by atoms with Crippen molar-refractivity contribution in [2.75, 3.05) is 13.1 Å². The summed E-state index contributed by atoms with van der Waals surface area (Å²) in [5.41, 5.74) is 0.845. The van der Waals surface area contributed by atoms with E-state index in [9.17, 15) is 24.0 Å². The van der Waals surface area contributed by atoms with Crippen molar-refractivity contribution in [2.45, 2.75) is 64.6 Å². The first-order valence-corrected chi connectivity index (χ1v) is 11.7. The fourth-order valence-corrected chi connectivity index (χ4v) is 4.77. The van der Waals surface area contributed by atoms with E-state index in [1.807, 2.05) is 13.0 Å². The number of amides is 6. The molecule has 6 amide bonds. The number of carbonyl (C=O) groups excluding carboxylic acids is 5. The zero-order valence-corrected chi connectivity index (χ0v) is 18.9. The lowest BCUT2D eigenvalue weighted by Gasteiger charge is -2.29. The van der Waals surface area contributed by atoms with Gasteiger partial charge in [-0.15, -0.1) is 11.3 Å². The van der Waals surface area contributed by atoms with Crippen LogP contribution in [-0.4, -0.2) is 53.7 Å². The molecule has 0 bridgehead atoms. The van der Waals surface area contributed by atoms with Gasteiger partial charge in [-0.05, 0) is 37.3 Å². The standard InChI is InChI=1S/C21H29N5O5S/c1-2-16(27)22-8-4-3-5-9-23-21(31)24-11-14-10-13-12-26(20(30)18(13)32-14)15-6-7-17(28)25-19(15)29/h10,15H,2-9,11-12H2,1H3,(H,22,27)(H2,23,24,31)(H,25,28,29). The summed E-state index contributed by atoms with van der Waals surface area (Å²) in [7, 11) is 0. The average molecular weight is 464 g/mol. The number of urea groups is 1. The third-order valence-corrected chi connectivity index (χ3v) is 6.61. The highest BCUT2D eigenvalue weighted by molar-refractivity contribution is 7.14. The molecule has 10 nitrogen and oxygen atoms in total. The topological polar surface area (TPSA) is 137 Å². The number of hydrogen-bond donors (Lipinski definition) is 4. The second-order valence-corrected chi connectivity index (χ2v) is 8.98. The van der Waals surface area contributed by atoms with E-state index in [0.717, 1.165) is 29.7 Å². The lowest BCUT2D eigenvalue weighted by Crippen LogP contribution is -2.52. The van der Waals surface area contributed by atoms with Crippen LogP contribution in [0.25, 0.3) is 0 Å². The summed E-state index contributed by atoms with van der Waals surface area (Å²) in [6.45, 7) is 3.67. The summed E-state index contributed by atoms with van der Waals surface area (Å²) in [5, 5.41) is 10.7. The Balaban J connectivity index is 1.35. The molecule has 4 N–H and O–H groups in total. The largest absolute Gasteiger partial charge is 0.356 e. The normalized spacial score (nSPS) is 17.7. The van der Waals surface area contributed by atoms with Crippen LogP contribution in [0.3, 0.4) is 0 Å². The van der Waals surface area contributed by atoms with Gasteiger partial charge in [-0.25, -0.2) is 4.79 Å². The number of rotatable bonds is 10. The van der Waals surface area contributed by atoms with Crippen molar-refractivity contribution in [1.29, 1.82) is 0 Å². The molecule has 1 aromatic rings. The molecule has 1 saturated heterocycles. The first kappa shape index (κ1) is 23.7. The summed E-state index contributed by atoms with van der Waals surface area (Å²) in [5.74, 6) is -0.883. The number of hydrogen-bond acceptors (Lipinski definition) is 6. The van der Waals surface area contributed by atoms with Crippen molar-refractivity contribution in [3.63, 3.8) is 0 Å². The zero-order chi connectivity index (χ0) is 23.1. The van der Waals surface area contributed by atoms with Gasteiger partial charge in [0.2, 0.25) is 17.7 Å². The summed E-state index contributed by atoms with van der Waals surface area (Å²) in [6.07, 6.45) is 3.67. The Kier molecular flexibility index (Phi) is 8.20. The number of nitrogens with one attached hydrogen (secondary N) is 4. The van der Waals surface area contributed by atoms with Crippen molar-refractivity contribution in [3.8, 4) is 0 Å². The Morgan fingerprint density at radius 2 is 1.88 bits per heavy atom. The molecule has 11 heteroatoms. The number of unbranched alkanes of at least 4 members (excludes halogenated alkanes) is 2. The Bertz CT molecular complexity index is 899. The predicted octanol–water partition coefficient (Wildman–Crippen LogP) is 1.00. The highest BCUT2D eigenvalue weighted by Gasteiger charge is 2.40. The van der Waals surface area contributed by atoms with Crippen molar-refractivity contribution in [1.82, 2.24) is 26.2 Å². The van der Waals surface area contributed by atoms with Gasteiger partial charge in [0.25, 0.3) is 5.91 Å². The van der Waals surface area contributed by atoms with Crippen molar-refractivity contribution >= 4 is 41.0 Å². The Morgan fingerprint density at radius 3 is 2.56 bits per heavy atom. The molecule has 2 aliphatic rings. The Labute approximate surface area is 190 Å². The molecule has 0 aromatic carbocycles. The van der Waals surface area contributed by atoms with Crippen LogP contribution in [-0.2, 0) is 27.5 Å². The van der Waals surface area contributed by atoms with Gasteiger partial charge >= 0.3 is 6.03 Å². The lowest BCUT2D eigenvalue weighted by atomic mass is 10.0. The maximum absolute atomic E-state index is 12.7. The third kappa shape index (κ3) is 6.06. The number of piperidine rings is 1. The lowest BCUT2D eigenvalue weighted by molar-refractivity contribution is -0.137. The average Bonchev–Trinajstić information content (AvgIpc) is 3.30. The van der Waals surface area contributed by atoms with Gasteiger partial charge in [0.1, 0.15) is 6.04 Å². The fourth-order valence-electron chi connectivity index (χ4n) is 3.70. The van der Waals surface area contributed by atoms with Crippen LogP contribution in [0.4, 0.5) is 4.79 Å². The minimum atomic E-state index is -0.616. The molecule has 32 heavy (non-hydrogen) atoms. The van der Waals surface area contributed by atoms with Crippen molar-refractivity contribution < 1.29 is 24.0 Å². The monoisotopic (exact) mass is 463 g/mol. The maximum Gasteiger partial charge on any atom is 0.315 e. The molecule has 0 radical (unpaired) electrons. The summed E-state index contributed by atoms with van der Waals surface area (Å²) >= 11 is 1.32. The quantitative estimate of drug-likeness (QED) is 0.303. The van der Waals surface area contributed by atoms with Crippen LogP contribution in [0.15, 0.2) is 6.07 Å². The summed E-state index contributed by atoms with van der Waals surface area (Å²) in [4.78, 5) is 62.2. The molecule has 1 atom stereocenters. The van der Waals surface area contributed by atoms with E-state index in [4.69, 9.17) is 0 Å². The maximum atomic E-state index is 12.7. The molecule has 0 spiro atoms. The molecule has 0 aliphatic carbocycles. The fraction of sp³-hybridized carbons (Fsp3) is 0.571. The first-order chi connectivity index (χ1) is 15.4. The van der Waals surface area contributed by atoms with Gasteiger partial charge in [-0.1, -0.05) is 6.92 Å². The molecule has 174 valence electrons. The van der Waals surface area contributed by atoms with Gasteiger partial charge in [0, 0.05) is 37.4 Å². The highest BCUT2D eigenvalue weighted by atomic mass is 32.1. The van der Waals surface area contributed by atoms with E-state index in [1.165, 1.54) is 16.2 Å². The number of carbonyl (C=O) groups is 5. The summed E-state index contributed by atoms with van der Waals surface area (Å²) < 4.78 is 0. The van der Waals surface area contributed by atoms with E-state index < -0.39 is 11.9 Å². The molecule has 1 fully saturated rings. The van der Waals surface area contributed by atoms with Gasteiger partial charge < -0.3 is 20.9 Å². The van der Waals surface area contributed by atoms with E-state index in [2.05, 4.69) is 21.3 Å². The van der Waals surface area contributed by atoms with Gasteiger partial charge in [0.05, 0.1) is 11.4 Å². The van der Waals surface area contributed by atoms with Crippen LogP contribution in [0.5, 0.6) is 0 Å². The van der Waals surface area contributed by atoms with E-state index in [-0.39, 0.29) is 30.2 Å². The van der Waals surface area contributed by atoms with E-state index in [0.29, 0.717) is 43.9 Å². The van der Waals surface area contributed by atoms with Crippen molar-refractivity contribution in [2.24, 2.45) is 0 Å². The second kappa shape index (κ2) is 11.1. The molecule has 1 aromatic heterocycles. The zero-order valence-electron chi connectivity index (χ0n) is 18.1. The van der Waals surface area contributed by atoms with Gasteiger partial charge in [0.15, 0.2) is 0 Å². The first-order valence-electron chi connectivity index (χ1n) is 10.9. The molecular weight excluding hydrogens is 434 g/mol. The number of imide groups is 1. The highest BCUT2D eigenvalue weighted by Crippen LogP contribution is 2.33. The molecule has 3 rings (SSSR count). The number of fused-ring (bicyclic) bond motifs is 1. The Hall–Kier alpha value is -2.95. The minimum absolute atomic E-state index is 0.0486. The third-order valence-electron chi connectivity index (χ3n) is 5.45. The van der Waals surface area contributed by atoms with Crippen LogP contribution < -0.4 is 21.3 Å². The van der Waals surface area contributed by atoms with E-state index in [1.54, 1.807) is 0 Å². The van der Waals surface area contributed by atoms with Crippen molar-refractivity contribution in [3.05, 3.63) is 21.4 Å². The van der Waals surface area contributed by atoms with Crippen LogP contribution >= 0.6 is 11.3 Å². The van der Waals surface area contributed by atoms with Crippen LogP contribution in [0.1, 0.15) is 65.6 Å². The summed E-state index contributed by atoms with van der Waals surface area (Å²) in [6, 6.07) is 0.999. The molecule has 1 unspecified atom stereocenters. The van der Waals surface area contributed by atoms with E-state index >= 15 is 0 Å². The molecule has 0 saturated carbocycles. The Morgan fingerprint density at radius 1 is 1.12 bits per heavy atom. The smallest absolute Gasteiger partial charge is 0.315 e. The SMILES string of the molecule is CCC(=O)NCCCCCNC(=O)NCc1cc2c(s1)C(=O)N(C1CCC(=O)NC1=O)C2. The minimum Gasteiger partial charge on any atom is -0.356 e. The molecule has 3 heterocycles. The number of thiophene rings is 1. The second-order valence-electron chi connectivity index (χ2n) is 7.84. The van der Waals surface area contributed by atoms with Crippen LogP contribution in [0, 0.1) is 0 Å². The molecule has 2 aliphatic heterocycles. The molecular formula is C21H29N5O5S. The predicted molar refractivity (Wildman–Crippen MR) is 118 cm³/mol. The number of nitrogens with zero attached hydrogens (tertiary/aromatic N) is 1. The van der Waals surface area contributed by atoms with Gasteiger partial charge in [-0.3, -0.25) is 24.5 Å². The van der Waals surface area contributed by atoms with Gasteiger partial charge in [-0.2, -0.15) is 0 Å².